The van der Waals surface area contributed by atoms with Gasteiger partial charge in [-0.2, -0.15) is 0 Å². The third-order valence-electron chi connectivity index (χ3n) is 2.40. The van der Waals surface area contributed by atoms with E-state index >= 15 is 0 Å². The molecule has 0 saturated heterocycles. The van der Waals surface area contributed by atoms with Crippen molar-refractivity contribution in [3.05, 3.63) is 27.0 Å². The summed E-state index contributed by atoms with van der Waals surface area (Å²) < 4.78 is 2.43. The van der Waals surface area contributed by atoms with E-state index in [1.165, 1.54) is 10.8 Å². The molecule has 1 heterocycles. The van der Waals surface area contributed by atoms with Crippen LogP contribution in [0, 0.1) is 0 Å². The first-order chi connectivity index (χ1) is 7.57. The predicted molar refractivity (Wildman–Crippen MR) is 61.3 cm³/mol. The molecule has 0 aromatic carbocycles. The molecular formula is C10H17N3O3. The Kier molecular flexibility index (Phi) is 4.30. The van der Waals surface area contributed by atoms with E-state index in [0.29, 0.717) is 19.4 Å². The zero-order valence-corrected chi connectivity index (χ0v) is 9.35. The van der Waals surface area contributed by atoms with Crippen molar-refractivity contribution in [3.63, 3.8) is 0 Å². The molecule has 0 aliphatic heterocycles. The first-order valence-corrected chi connectivity index (χ1v) is 5.24. The second kappa shape index (κ2) is 5.50. The standard InChI is InChI=1S/C10H17N3O3/c1-12-7-8(11)9(15)13(10(12)16)5-3-2-4-6-14/h7,14H,2-6,11H2,1H3. The van der Waals surface area contributed by atoms with Crippen LogP contribution in [-0.4, -0.2) is 20.8 Å². The number of aromatic nitrogens is 2. The number of hydrogen-bond acceptors (Lipinski definition) is 4. The van der Waals surface area contributed by atoms with Crippen LogP contribution in [0.4, 0.5) is 5.69 Å². The zero-order valence-electron chi connectivity index (χ0n) is 9.35. The highest BCUT2D eigenvalue weighted by atomic mass is 16.3. The van der Waals surface area contributed by atoms with Gasteiger partial charge in [0, 0.05) is 26.4 Å². The summed E-state index contributed by atoms with van der Waals surface area (Å²) in [6.45, 7) is 0.473. The zero-order chi connectivity index (χ0) is 12.1. The topological polar surface area (TPSA) is 90.2 Å². The summed E-state index contributed by atoms with van der Waals surface area (Å²) in [5.74, 6) is 0. The number of aliphatic hydroxyl groups is 1. The number of nitrogens with two attached hydrogens (primary N) is 1. The van der Waals surface area contributed by atoms with Gasteiger partial charge >= 0.3 is 5.69 Å². The Bertz CT molecular complexity index is 427. The molecule has 0 unspecified atom stereocenters. The third kappa shape index (κ3) is 2.73. The van der Waals surface area contributed by atoms with Crippen molar-refractivity contribution in [2.24, 2.45) is 7.05 Å². The average molecular weight is 227 g/mol. The normalized spacial score (nSPS) is 10.6. The Morgan fingerprint density at radius 3 is 2.62 bits per heavy atom. The Hall–Kier alpha value is -1.56. The molecule has 1 aromatic rings. The molecule has 0 saturated carbocycles. The number of nitrogen functional groups attached to an aromatic ring is 1. The lowest BCUT2D eigenvalue weighted by Crippen LogP contribution is -2.39. The molecule has 3 N–H and O–H groups in total. The van der Waals surface area contributed by atoms with Crippen LogP contribution in [0.2, 0.25) is 0 Å². The number of anilines is 1. The largest absolute Gasteiger partial charge is 0.396 e. The number of rotatable bonds is 5. The minimum Gasteiger partial charge on any atom is -0.396 e. The summed E-state index contributed by atoms with van der Waals surface area (Å²) >= 11 is 0. The highest BCUT2D eigenvalue weighted by molar-refractivity contribution is 5.30. The van der Waals surface area contributed by atoms with Crippen molar-refractivity contribution in [2.75, 3.05) is 12.3 Å². The second-order valence-electron chi connectivity index (χ2n) is 3.72. The molecule has 0 atom stereocenters. The molecule has 0 aliphatic carbocycles. The molecular weight excluding hydrogens is 210 g/mol. The van der Waals surface area contributed by atoms with Crippen molar-refractivity contribution in [1.29, 1.82) is 0 Å². The predicted octanol–water partition coefficient (Wildman–Crippen LogP) is -0.708. The third-order valence-corrected chi connectivity index (χ3v) is 2.40. The first kappa shape index (κ1) is 12.5. The molecule has 0 amide bonds. The highest BCUT2D eigenvalue weighted by Gasteiger charge is 2.06. The number of aliphatic hydroxyl groups excluding tert-OH is 1. The minimum atomic E-state index is -0.438. The lowest BCUT2D eigenvalue weighted by molar-refractivity contribution is 0.281. The maximum absolute atomic E-state index is 11.6. The van der Waals surface area contributed by atoms with Gasteiger partial charge in [-0.1, -0.05) is 0 Å². The molecule has 0 bridgehead atoms. The minimum absolute atomic E-state index is 0.0734. The van der Waals surface area contributed by atoms with Crippen molar-refractivity contribution in [1.82, 2.24) is 9.13 Å². The van der Waals surface area contributed by atoms with Crippen LogP contribution in [0.15, 0.2) is 15.8 Å². The second-order valence-corrected chi connectivity index (χ2v) is 3.72. The molecule has 6 nitrogen and oxygen atoms in total. The van der Waals surface area contributed by atoms with Gasteiger partial charge in [0.05, 0.1) is 0 Å². The highest BCUT2D eigenvalue weighted by Crippen LogP contribution is 1.96. The summed E-state index contributed by atoms with van der Waals surface area (Å²) in [4.78, 5) is 23.2. The van der Waals surface area contributed by atoms with Gasteiger partial charge in [-0.15, -0.1) is 0 Å². The lowest BCUT2D eigenvalue weighted by Gasteiger charge is -2.07. The van der Waals surface area contributed by atoms with Gasteiger partial charge in [-0.25, -0.2) is 4.79 Å². The van der Waals surface area contributed by atoms with E-state index in [9.17, 15) is 9.59 Å². The van der Waals surface area contributed by atoms with Crippen molar-refractivity contribution in [2.45, 2.75) is 25.8 Å². The number of nitrogens with zero attached hydrogens (tertiary/aromatic N) is 2. The Balaban J connectivity index is 2.87. The molecule has 0 spiro atoms. The van der Waals surface area contributed by atoms with Crippen LogP contribution < -0.4 is 17.0 Å². The van der Waals surface area contributed by atoms with Gasteiger partial charge in [0.25, 0.3) is 5.56 Å². The molecule has 0 fully saturated rings. The van der Waals surface area contributed by atoms with E-state index < -0.39 is 5.56 Å². The van der Waals surface area contributed by atoms with Gasteiger partial charge in [0.2, 0.25) is 0 Å². The molecule has 0 aliphatic rings. The van der Waals surface area contributed by atoms with Crippen LogP contribution >= 0.6 is 0 Å². The summed E-state index contributed by atoms with van der Waals surface area (Å²) in [6.07, 6.45) is 3.46. The van der Waals surface area contributed by atoms with E-state index in [0.717, 1.165) is 11.0 Å². The van der Waals surface area contributed by atoms with Gasteiger partial charge < -0.3 is 15.4 Å². The van der Waals surface area contributed by atoms with Gasteiger partial charge in [-0.05, 0) is 19.3 Å². The summed E-state index contributed by atoms with van der Waals surface area (Å²) in [7, 11) is 1.56. The van der Waals surface area contributed by atoms with Gasteiger partial charge in [0.15, 0.2) is 0 Å². The van der Waals surface area contributed by atoms with E-state index in [1.807, 2.05) is 0 Å². The summed E-state index contributed by atoms with van der Waals surface area (Å²) in [5, 5.41) is 8.61. The quantitative estimate of drug-likeness (QED) is 0.650. The van der Waals surface area contributed by atoms with Crippen molar-refractivity contribution >= 4 is 5.69 Å². The maximum atomic E-state index is 11.6. The smallest absolute Gasteiger partial charge is 0.330 e. The monoisotopic (exact) mass is 227 g/mol. The molecule has 0 radical (unpaired) electrons. The molecule has 90 valence electrons. The van der Waals surface area contributed by atoms with Crippen molar-refractivity contribution in [3.8, 4) is 0 Å². The van der Waals surface area contributed by atoms with Crippen LogP contribution in [0.25, 0.3) is 0 Å². The molecule has 16 heavy (non-hydrogen) atoms. The van der Waals surface area contributed by atoms with E-state index in [4.69, 9.17) is 10.8 Å². The average Bonchev–Trinajstić information content (AvgIpc) is 2.25. The molecule has 6 heteroatoms. The SMILES string of the molecule is Cn1cc(N)c(=O)n(CCCCCO)c1=O. The fourth-order valence-corrected chi connectivity index (χ4v) is 1.51. The molecule has 1 aromatic heterocycles. The molecule has 1 rings (SSSR count). The Morgan fingerprint density at radius 1 is 1.31 bits per heavy atom. The van der Waals surface area contributed by atoms with Crippen LogP contribution in [-0.2, 0) is 13.6 Å². The number of unbranched alkanes of at least 4 members (excludes halogenated alkanes) is 2. The first-order valence-electron chi connectivity index (χ1n) is 5.24. The Labute approximate surface area is 92.9 Å². The van der Waals surface area contributed by atoms with Crippen LogP contribution in [0.1, 0.15) is 19.3 Å². The Morgan fingerprint density at radius 2 is 2.00 bits per heavy atom. The lowest BCUT2D eigenvalue weighted by atomic mass is 10.2. The number of hydrogen-bond donors (Lipinski definition) is 2. The fraction of sp³-hybridized carbons (Fsp3) is 0.600. The number of aryl methyl sites for hydroxylation is 1. The fourth-order valence-electron chi connectivity index (χ4n) is 1.51. The van der Waals surface area contributed by atoms with E-state index in [-0.39, 0.29) is 18.0 Å². The van der Waals surface area contributed by atoms with Crippen LogP contribution in [0.3, 0.4) is 0 Å². The van der Waals surface area contributed by atoms with Gasteiger partial charge in [0.1, 0.15) is 5.69 Å². The van der Waals surface area contributed by atoms with Crippen molar-refractivity contribution < 1.29 is 5.11 Å². The van der Waals surface area contributed by atoms with E-state index in [1.54, 1.807) is 7.05 Å². The van der Waals surface area contributed by atoms with Gasteiger partial charge in [-0.3, -0.25) is 9.36 Å². The summed E-state index contributed by atoms with van der Waals surface area (Å²) in [6, 6.07) is 0. The maximum Gasteiger partial charge on any atom is 0.330 e. The summed E-state index contributed by atoms with van der Waals surface area (Å²) in [5.41, 5.74) is 4.77. The van der Waals surface area contributed by atoms with Crippen LogP contribution in [0.5, 0.6) is 0 Å². The van der Waals surface area contributed by atoms with E-state index in [2.05, 4.69) is 0 Å².